The number of carboxylic acids is 1. The number of nitrogens with zero attached hydrogens (tertiary/aromatic N) is 3. The van der Waals surface area contributed by atoms with E-state index in [-0.39, 0.29) is 12.8 Å². The molecule has 2 N–H and O–H groups in total. The first-order chi connectivity index (χ1) is 11.0. The fraction of sp³-hybridized carbons (Fsp3) is 0.357. The van der Waals surface area contributed by atoms with Gasteiger partial charge in [0.05, 0.1) is 5.69 Å². The van der Waals surface area contributed by atoms with E-state index in [1.54, 1.807) is 18.2 Å². The molecular weight excluding hydrogens is 304 g/mol. The molecule has 0 aliphatic carbocycles. The molecule has 122 valence electrons. The Labute approximate surface area is 131 Å². The van der Waals surface area contributed by atoms with E-state index in [2.05, 4.69) is 15.1 Å². The van der Waals surface area contributed by atoms with Crippen LogP contribution >= 0.6 is 0 Å². The molecule has 0 aliphatic rings. The van der Waals surface area contributed by atoms with Crippen LogP contribution in [0, 0.1) is 0 Å². The van der Waals surface area contributed by atoms with E-state index >= 15 is 0 Å². The first-order valence-corrected chi connectivity index (χ1v) is 6.66. The number of pyridine rings is 1. The first kappa shape index (κ1) is 18.1. The minimum atomic E-state index is -1.29. The predicted molar refractivity (Wildman–Crippen MR) is 77.5 cm³/mol. The molecule has 9 heteroatoms. The van der Waals surface area contributed by atoms with Crippen LogP contribution in [0.15, 0.2) is 24.4 Å². The van der Waals surface area contributed by atoms with Gasteiger partial charge in [0, 0.05) is 19.7 Å². The Morgan fingerprint density at radius 1 is 1.48 bits per heavy atom. The average molecular weight is 320 g/mol. The number of aliphatic carboxylic acids is 1. The van der Waals surface area contributed by atoms with Crippen LogP contribution in [0.4, 0.5) is 0 Å². The van der Waals surface area contributed by atoms with Crippen LogP contribution in [0.1, 0.15) is 24.6 Å². The standard InChI is InChI=1S/C14H16N4O5/c1-23-12(10-4-2-3-7-16-10)13(20)18-11(14(21)22)6-5-9(19)8-17-15/h2-4,7-8,11-12H,5-6H2,1H3,(H,18,20)(H,21,22)/t11-,12-/m0/s1. The van der Waals surface area contributed by atoms with Crippen LogP contribution < -0.4 is 5.32 Å². The fourth-order valence-corrected chi connectivity index (χ4v) is 1.81. The number of carbonyl (C=O) groups excluding carboxylic acids is 2. The number of rotatable bonds is 9. The fourth-order valence-electron chi connectivity index (χ4n) is 1.81. The Morgan fingerprint density at radius 2 is 2.22 bits per heavy atom. The lowest BCUT2D eigenvalue weighted by molar-refractivity contribution is -0.144. The van der Waals surface area contributed by atoms with Crippen molar-refractivity contribution in [2.24, 2.45) is 0 Å². The van der Waals surface area contributed by atoms with Crippen molar-refractivity contribution in [1.29, 1.82) is 0 Å². The summed E-state index contributed by atoms with van der Waals surface area (Å²) in [6.45, 7) is 0. The molecule has 0 radical (unpaired) electrons. The zero-order chi connectivity index (χ0) is 17.2. The Bertz CT molecular complexity index is 613. The van der Waals surface area contributed by atoms with Gasteiger partial charge in [-0.05, 0) is 18.6 Å². The van der Waals surface area contributed by atoms with Gasteiger partial charge in [0.25, 0.3) is 5.91 Å². The zero-order valence-corrected chi connectivity index (χ0v) is 12.4. The number of Topliss-reactive ketones (excluding diaryl/α,β-unsaturated/α-hetero) is 1. The Balaban J connectivity index is 2.74. The van der Waals surface area contributed by atoms with E-state index in [9.17, 15) is 14.4 Å². The normalized spacial score (nSPS) is 12.6. The van der Waals surface area contributed by atoms with Crippen molar-refractivity contribution in [2.75, 3.05) is 7.11 Å². The lowest BCUT2D eigenvalue weighted by Crippen LogP contribution is -2.43. The van der Waals surface area contributed by atoms with Gasteiger partial charge in [0.2, 0.25) is 5.78 Å². The van der Waals surface area contributed by atoms with Gasteiger partial charge in [-0.3, -0.25) is 14.6 Å². The maximum Gasteiger partial charge on any atom is 0.326 e. The van der Waals surface area contributed by atoms with E-state index in [4.69, 9.17) is 15.4 Å². The monoisotopic (exact) mass is 320 g/mol. The second-order valence-electron chi connectivity index (χ2n) is 4.52. The van der Waals surface area contributed by atoms with Crippen LogP contribution in [0.3, 0.4) is 0 Å². The van der Waals surface area contributed by atoms with Gasteiger partial charge < -0.3 is 20.7 Å². The molecule has 0 aliphatic heterocycles. The second kappa shape index (κ2) is 9.19. The molecule has 0 spiro atoms. The Hall–Kier alpha value is -2.90. The molecule has 1 heterocycles. The molecule has 0 bridgehead atoms. The van der Waals surface area contributed by atoms with Crippen LogP contribution in [0.2, 0.25) is 0 Å². The molecule has 1 amide bonds. The predicted octanol–water partition coefficient (Wildman–Crippen LogP) is -0.0116. The largest absolute Gasteiger partial charge is 0.480 e. The Kier molecular flexibility index (Phi) is 7.25. The van der Waals surface area contributed by atoms with Gasteiger partial charge >= 0.3 is 12.2 Å². The zero-order valence-electron chi connectivity index (χ0n) is 12.4. The number of carbonyl (C=O) groups is 3. The van der Waals surface area contributed by atoms with Gasteiger partial charge in [0.15, 0.2) is 6.10 Å². The first-order valence-electron chi connectivity index (χ1n) is 6.66. The van der Waals surface area contributed by atoms with E-state index in [1.165, 1.54) is 13.3 Å². The number of ketones is 1. The highest BCUT2D eigenvalue weighted by atomic mass is 16.5. The third kappa shape index (κ3) is 5.77. The highest BCUT2D eigenvalue weighted by Gasteiger charge is 2.27. The quantitative estimate of drug-likeness (QED) is 0.372. The van der Waals surface area contributed by atoms with E-state index in [0.717, 1.165) is 0 Å². The molecule has 0 saturated carbocycles. The maximum atomic E-state index is 12.2. The minimum absolute atomic E-state index is 0.148. The number of aromatic nitrogens is 1. The summed E-state index contributed by atoms with van der Waals surface area (Å²) in [6, 6.07) is 3.64. The average Bonchev–Trinajstić information content (AvgIpc) is 2.53. The number of hydrogen-bond acceptors (Lipinski definition) is 5. The van der Waals surface area contributed by atoms with Gasteiger partial charge in [-0.1, -0.05) is 6.07 Å². The molecule has 1 aromatic rings. The Morgan fingerprint density at radius 3 is 2.74 bits per heavy atom. The molecule has 0 saturated heterocycles. The van der Waals surface area contributed by atoms with Crippen molar-refractivity contribution in [1.82, 2.24) is 10.3 Å². The van der Waals surface area contributed by atoms with Gasteiger partial charge in [-0.15, -0.1) is 0 Å². The van der Waals surface area contributed by atoms with E-state index in [1.807, 2.05) is 0 Å². The minimum Gasteiger partial charge on any atom is -0.480 e. The van der Waals surface area contributed by atoms with Crippen molar-refractivity contribution < 1.29 is 29.0 Å². The van der Waals surface area contributed by atoms with Crippen LogP contribution in [0.5, 0.6) is 0 Å². The molecular formula is C14H16N4O5. The lowest BCUT2D eigenvalue weighted by atomic mass is 10.1. The highest BCUT2D eigenvalue weighted by molar-refractivity contribution is 6.25. The maximum absolute atomic E-state index is 12.2. The smallest absolute Gasteiger partial charge is 0.326 e. The molecule has 9 nitrogen and oxygen atoms in total. The summed E-state index contributed by atoms with van der Waals surface area (Å²) in [4.78, 5) is 41.1. The van der Waals surface area contributed by atoms with Crippen molar-refractivity contribution >= 4 is 23.9 Å². The second-order valence-corrected chi connectivity index (χ2v) is 4.52. The van der Waals surface area contributed by atoms with Gasteiger partial charge in [0.1, 0.15) is 6.04 Å². The van der Waals surface area contributed by atoms with Crippen molar-refractivity contribution in [3.8, 4) is 0 Å². The lowest BCUT2D eigenvalue weighted by Gasteiger charge is -2.18. The SMILES string of the molecule is CO[C@H](C(=O)N[C@@H](CCC(=O)C=[N+]=[N-])C(=O)O)c1ccccn1. The van der Waals surface area contributed by atoms with Crippen LogP contribution in [-0.4, -0.2) is 51.9 Å². The number of ether oxygens (including phenoxy) is 1. The number of amides is 1. The van der Waals surface area contributed by atoms with E-state index in [0.29, 0.717) is 11.9 Å². The molecule has 0 aromatic carbocycles. The molecule has 1 rings (SSSR count). The van der Waals surface area contributed by atoms with Crippen LogP contribution in [0.25, 0.3) is 5.53 Å². The van der Waals surface area contributed by atoms with E-state index < -0.39 is 29.8 Å². The molecule has 0 fully saturated rings. The highest BCUT2D eigenvalue weighted by Crippen LogP contribution is 2.14. The summed E-state index contributed by atoms with van der Waals surface area (Å²) >= 11 is 0. The summed E-state index contributed by atoms with van der Waals surface area (Å²) < 4.78 is 5.05. The molecule has 1 aromatic heterocycles. The summed E-state index contributed by atoms with van der Waals surface area (Å²) in [7, 11) is 1.30. The third-order valence-electron chi connectivity index (χ3n) is 2.93. The number of hydrogen-bond donors (Lipinski definition) is 2. The van der Waals surface area contributed by atoms with Crippen LogP contribution in [-0.2, 0) is 19.1 Å². The summed E-state index contributed by atoms with van der Waals surface area (Å²) in [5.74, 6) is -2.52. The number of carboxylic acid groups (broad SMARTS) is 1. The number of methoxy groups -OCH3 is 1. The van der Waals surface area contributed by atoms with Crippen molar-refractivity contribution in [3.05, 3.63) is 35.6 Å². The van der Waals surface area contributed by atoms with Gasteiger partial charge in [-0.2, -0.15) is 4.79 Å². The van der Waals surface area contributed by atoms with Gasteiger partial charge in [-0.25, -0.2) is 4.79 Å². The topological polar surface area (TPSA) is 142 Å². The summed E-state index contributed by atoms with van der Waals surface area (Å²) in [5.41, 5.74) is 8.56. The number of nitrogens with one attached hydrogen (secondary N) is 1. The summed E-state index contributed by atoms with van der Waals surface area (Å²) in [6.07, 6.45) is 0.753. The van der Waals surface area contributed by atoms with Crippen molar-refractivity contribution in [3.63, 3.8) is 0 Å². The molecule has 0 unspecified atom stereocenters. The molecule has 2 atom stereocenters. The molecule has 23 heavy (non-hydrogen) atoms. The van der Waals surface area contributed by atoms with Crippen molar-refractivity contribution in [2.45, 2.75) is 25.0 Å². The third-order valence-corrected chi connectivity index (χ3v) is 2.93. The summed E-state index contributed by atoms with van der Waals surface area (Å²) in [5, 5.41) is 11.4.